The smallest absolute Gasteiger partial charge is 0.339 e. The molecule has 0 aliphatic carbocycles. The molecule has 0 spiro atoms. The monoisotopic (exact) mass is 320 g/mol. The van der Waals surface area contributed by atoms with Gasteiger partial charge in [0.2, 0.25) is 0 Å². The van der Waals surface area contributed by atoms with Crippen molar-refractivity contribution >= 4 is 29.2 Å². The van der Waals surface area contributed by atoms with E-state index < -0.39 is 5.97 Å². The molecule has 1 amide bonds. The van der Waals surface area contributed by atoms with E-state index in [0.717, 1.165) is 5.56 Å². The first-order valence-electron chi connectivity index (χ1n) is 6.70. The molecule has 0 saturated heterocycles. The van der Waals surface area contributed by atoms with Gasteiger partial charge in [0.15, 0.2) is 0 Å². The average molecular weight is 321 g/mol. The van der Waals surface area contributed by atoms with Gasteiger partial charge >= 0.3 is 5.97 Å². The highest BCUT2D eigenvalue weighted by atomic mass is 35.5. The van der Waals surface area contributed by atoms with E-state index in [9.17, 15) is 9.59 Å². The highest BCUT2D eigenvalue weighted by Gasteiger charge is 2.22. The van der Waals surface area contributed by atoms with Gasteiger partial charge in [0.05, 0.1) is 12.7 Å². The van der Waals surface area contributed by atoms with Crippen molar-refractivity contribution in [2.45, 2.75) is 20.8 Å². The Kier molecular flexibility index (Phi) is 4.56. The number of rotatable bonds is 3. The number of benzene rings is 1. The van der Waals surface area contributed by atoms with Crippen molar-refractivity contribution in [1.29, 1.82) is 0 Å². The molecule has 0 aliphatic rings. The molecule has 0 fully saturated rings. The summed E-state index contributed by atoms with van der Waals surface area (Å²) in [5, 5.41) is 3.33. The zero-order valence-electron chi connectivity index (χ0n) is 12.8. The number of carbonyl (C=O) groups is 2. The maximum Gasteiger partial charge on any atom is 0.339 e. The molecule has 1 heterocycles. The molecule has 116 valence electrons. The van der Waals surface area contributed by atoms with Crippen molar-refractivity contribution < 1.29 is 14.3 Å². The Balaban J connectivity index is 2.30. The van der Waals surface area contributed by atoms with Gasteiger partial charge in [0.1, 0.15) is 5.69 Å². The number of halogens is 1. The quantitative estimate of drug-likeness (QED) is 0.848. The Hall–Kier alpha value is -2.27. The Labute approximate surface area is 133 Å². The lowest BCUT2D eigenvalue weighted by Gasteiger charge is -2.07. The van der Waals surface area contributed by atoms with Gasteiger partial charge in [-0.1, -0.05) is 17.7 Å². The first-order chi connectivity index (χ1) is 10.3. The van der Waals surface area contributed by atoms with E-state index in [0.29, 0.717) is 33.2 Å². The average Bonchev–Trinajstić information content (AvgIpc) is 2.77. The molecule has 1 aromatic carbocycles. The van der Waals surface area contributed by atoms with Crippen LogP contribution in [0.5, 0.6) is 0 Å². The second-order valence-corrected chi connectivity index (χ2v) is 5.44. The van der Waals surface area contributed by atoms with E-state index in [-0.39, 0.29) is 5.91 Å². The highest BCUT2D eigenvalue weighted by Crippen LogP contribution is 2.23. The molecule has 0 bridgehead atoms. The minimum Gasteiger partial charge on any atom is -0.465 e. The third-order valence-electron chi connectivity index (χ3n) is 3.48. The number of methoxy groups -OCH3 is 1. The first-order valence-corrected chi connectivity index (χ1v) is 7.08. The maximum atomic E-state index is 12.4. The van der Waals surface area contributed by atoms with Gasteiger partial charge in [0, 0.05) is 16.4 Å². The number of H-pyrrole nitrogens is 1. The Morgan fingerprint density at radius 2 is 1.91 bits per heavy atom. The second-order valence-electron chi connectivity index (χ2n) is 5.03. The van der Waals surface area contributed by atoms with E-state index in [1.807, 2.05) is 13.0 Å². The summed E-state index contributed by atoms with van der Waals surface area (Å²) in [6.45, 7) is 5.31. The van der Waals surface area contributed by atoms with Crippen LogP contribution in [0.4, 0.5) is 5.69 Å². The lowest BCUT2D eigenvalue weighted by atomic mass is 10.1. The molecular weight excluding hydrogens is 304 g/mol. The van der Waals surface area contributed by atoms with Crippen LogP contribution >= 0.6 is 11.6 Å². The number of hydrogen-bond acceptors (Lipinski definition) is 3. The molecule has 22 heavy (non-hydrogen) atoms. The number of ether oxygens (including phenoxy) is 1. The minimum absolute atomic E-state index is 0.328. The zero-order chi connectivity index (χ0) is 16.4. The third kappa shape index (κ3) is 2.99. The molecule has 0 saturated carbocycles. The predicted octanol–water partition coefficient (Wildman–Crippen LogP) is 3.63. The van der Waals surface area contributed by atoms with Crippen molar-refractivity contribution in [1.82, 2.24) is 4.98 Å². The fourth-order valence-electron chi connectivity index (χ4n) is 2.25. The van der Waals surface area contributed by atoms with Crippen LogP contribution in [0.1, 0.15) is 37.7 Å². The molecule has 1 aromatic heterocycles. The van der Waals surface area contributed by atoms with Crippen molar-refractivity contribution in [3.05, 3.63) is 51.3 Å². The van der Waals surface area contributed by atoms with Crippen LogP contribution < -0.4 is 5.32 Å². The molecule has 2 aromatic rings. The Morgan fingerprint density at radius 3 is 2.50 bits per heavy atom. The van der Waals surface area contributed by atoms with Crippen molar-refractivity contribution in [3.8, 4) is 0 Å². The number of aromatic nitrogens is 1. The number of amides is 1. The summed E-state index contributed by atoms with van der Waals surface area (Å²) in [5.41, 5.74) is 3.38. The number of esters is 1. The van der Waals surface area contributed by atoms with Crippen molar-refractivity contribution in [2.24, 2.45) is 0 Å². The van der Waals surface area contributed by atoms with Gasteiger partial charge < -0.3 is 15.0 Å². The summed E-state index contributed by atoms with van der Waals surface area (Å²) in [6, 6.07) is 5.28. The molecule has 0 radical (unpaired) electrons. The number of aromatic amines is 1. The van der Waals surface area contributed by atoms with E-state index >= 15 is 0 Å². The van der Waals surface area contributed by atoms with Crippen LogP contribution in [-0.2, 0) is 4.74 Å². The SMILES string of the molecule is COC(=O)c1c(C)[nH]c(C(=O)Nc2ccc(C)c(Cl)c2)c1C. The van der Waals surface area contributed by atoms with Gasteiger partial charge in [-0.05, 0) is 44.0 Å². The summed E-state index contributed by atoms with van der Waals surface area (Å²) < 4.78 is 4.73. The first kappa shape index (κ1) is 16.1. The predicted molar refractivity (Wildman–Crippen MR) is 85.7 cm³/mol. The van der Waals surface area contributed by atoms with Crippen LogP contribution in [0, 0.1) is 20.8 Å². The van der Waals surface area contributed by atoms with Gasteiger partial charge in [-0.25, -0.2) is 4.79 Å². The van der Waals surface area contributed by atoms with Crippen LogP contribution in [0.25, 0.3) is 0 Å². The number of nitrogens with one attached hydrogen (secondary N) is 2. The van der Waals surface area contributed by atoms with E-state index in [1.165, 1.54) is 7.11 Å². The standard InChI is InChI=1S/C16H17ClN2O3/c1-8-5-6-11(7-12(8)17)19-15(20)14-9(2)13(10(3)18-14)16(21)22-4/h5-7,18H,1-4H3,(H,19,20). The zero-order valence-corrected chi connectivity index (χ0v) is 13.6. The van der Waals surface area contributed by atoms with Gasteiger partial charge in [0.25, 0.3) is 5.91 Å². The summed E-state index contributed by atoms with van der Waals surface area (Å²) in [7, 11) is 1.31. The largest absolute Gasteiger partial charge is 0.465 e. The van der Waals surface area contributed by atoms with Gasteiger partial charge in [-0.3, -0.25) is 4.79 Å². The lowest BCUT2D eigenvalue weighted by Crippen LogP contribution is -2.14. The topological polar surface area (TPSA) is 71.2 Å². The molecular formula is C16H17ClN2O3. The van der Waals surface area contributed by atoms with Gasteiger partial charge in [-0.15, -0.1) is 0 Å². The molecule has 0 aliphatic heterocycles. The van der Waals surface area contributed by atoms with Crippen LogP contribution in [0.3, 0.4) is 0 Å². The van der Waals surface area contributed by atoms with E-state index in [4.69, 9.17) is 16.3 Å². The highest BCUT2D eigenvalue weighted by molar-refractivity contribution is 6.31. The normalized spacial score (nSPS) is 10.4. The van der Waals surface area contributed by atoms with E-state index in [1.54, 1.807) is 26.0 Å². The number of carbonyl (C=O) groups excluding carboxylic acids is 2. The lowest BCUT2D eigenvalue weighted by molar-refractivity contribution is 0.0599. The van der Waals surface area contributed by atoms with Crippen LogP contribution in [0.15, 0.2) is 18.2 Å². The number of aryl methyl sites for hydroxylation is 2. The molecule has 2 rings (SSSR count). The number of anilines is 1. The van der Waals surface area contributed by atoms with Gasteiger partial charge in [-0.2, -0.15) is 0 Å². The Morgan fingerprint density at radius 1 is 1.23 bits per heavy atom. The summed E-state index contributed by atoms with van der Waals surface area (Å²) in [6.07, 6.45) is 0. The van der Waals surface area contributed by atoms with Crippen molar-refractivity contribution in [3.63, 3.8) is 0 Å². The fourth-order valence-corrected chi connectivity index (χ4v) is 2.43. The molecule has 0 atom stereocenters. The Bertz CT molecular complexity index is 750. The van der Waals surface area contributed by atoms with Crippen molar-refractivity contribution in [2.75, 3.05) is 12.4 Å². The molecule has 6 heteroatoms. The van der Waals surface area contributed by atoms with Crippen LogP contribution in [0.2, 0.25) is 5.02 Å². The molecule has 2 N–H and O–H groups in total. The molecule has 5 nitrogen and oxygen atoms in total. The minimum atomic E-state index is -0.469. The second kappa shape index (κ2) is 6.23. The molecule has 0 unspecified atom stereocenters. The fraction of sp³-hybridized carbons (Fsp3) is 0.250. The van der Waals surface area contributed by atoms with E-state index in [2.05, 4.69) is 10.3 Å². The number of hydrogen-bond donors (Lipinski definition) is 2. The summed E-state index contributed by atoms with van der Waals surface area (Å²) in [4.78, 5) is 27.0. The maximum absolute atomic E-state index is 12.4. The summed E-state index contributed by atoms with van der Waals surface area (Å²) in [5.74, 6) is -0.806. The third-order valence-corrected chi connectivity index (χ3v) is 3.89. The van der Waals surface area contributed by atoms with Crippen LogP contribution in [-0.4, -0.2) is 24.0 Å². The summed E-state index contributed by atoms with van der Waals surface area (Å²) >= 11 is 6.04.